The van der Waals surface area contributed by atoms with Crippen LogP contribution in [0.2, 0.25) is 0 Å². The lowest BCUT2D eigenvalue weighted by Crippen LogP contribution is -2.42. The first-order valence-corrected chi connectivity index (χ1v) is 9.01. The monoisotopic (exact) mass is 383 g/mol. The van der Waals surface area contributed by atoms with Gasteiger partial charge >= 0.3 is 12.0 Å². The van der Waals surface area contributed by atoms with Gasteiger partial charge in [0.25, 0.3) is 5.91 Å². The summed E-state index contributed by atoms with van der Waals surface area (Å²) in [6.45, 7) is 1.74. The van der Waals surface area contributed by atoms with Crippen LogP contribution in [0.25, 0.3) is 10.6 Å². The lowest BCUT2D eigenvalue weighted by atomic mass is 10.3. The number of ether oxygens (including phenoxy) is 2. The van der Waals surface area contributed by atoms with Crippen molar-refractivity contribution in [2.45, 2.75) is 6.92 Å². The molecule has 25 heavy (non-hydrogen) atoms. The number of nitrogens with one attached hydrogen (secondary N) is 2. The van der Waals surface area contributed by atoms with E-state index in [2.05, 4.69) is 15.6 Å². The van der Waals surface area contributed by atoms with Crippen molar-refractivity contribution in [1.29, 1.82) is 0 Å². The zero-order valence-corrected chi connectivity index (χ0v) is 15.3. The largest absolute Gasteiger partial charge is 0.451 e. The summed E-state index contributed by atoms with van der Waals surface area (Å²) in [7, 11) is 1.50. The van der Waals surface area contributed by atoms with Gasteiger partial charge in [-0.3, -0.25) is 10.1 Å². The summed E-state index contributed by atoms with van der Waals surface area (Å²) in [5.41, 5.74) is 1.47. The van der Waals surface area contributed by atoms with Crippen LogP contribution in [0.15, 0.2) is 16.8 Å². The fourth-order valence-electron chi connectivity index (χ4n) is 1.77. The van der Waals surface area contributed by atoms with E-state index in [0.29, 0.717) is 22.2 Å². The molecule has 3 amide bonds. The molecule has 0 aromatic carbocycles. The second kappa shape index (κ2) is 9.25. The van der Waals surface area contributed by atoms with E-state index < -0.39 is 24.5 Å². The highest BCUT2D eigenvalue weighted by atomic mass is 32.1. The predicted molar refractivity (Wildman–Crippen MR) is 93.9 cm³/mol. The van der Waals surface area contributed by atoms with Crippen molar-refractivity contribution in [1.82, 2.24) is 15.6 Å². The quantitative estimate of drug-likeness (QED) is 0.558. The van der Waals surface area contributed by atoms with Crippen molar-refractivity contribution in [3.05, 3.63) is 27.4 Å². The molecule has 0 aliphatic rings. The van der Waals surface area contributed by atoms with E-state index in [0.717, 1.165) is 5.56 Å². The molecule has 0 saturated heterocycles. The molecule has 2 heterocycles. The third kappa shape index (κ3) is 5.62. The predicted octanol–water partition coefficient (Wildman–Crippen LogP) is 1.81. The number of rotatable bonds is 7. The Labute approximate surface area is 152 Å². The highest BCUT2D eigenvalue weighted by Gasteiger charge is 2.19. The smallest absolute Gasteiger partial charge is 0.350 e. The number of imide groups is 1. The van der Waals surface area contributed by atoms with E-state index in [1.807, 2.05) is 16.8 Å². The van der Waals surface area contributed by atoms with Gasteiger partial charge in [0.1, 0.15) is 9.88 Å². The van der Waals surface area contributed by atoms with Crippen molar-refractivity contribution in [3.8, 4) is 10.6 Å². The van der Waals surface area contributed by atoms with E-state index in [1.165, 1.54) is 29.8 Å². The summed E-state index contributed by atoms with van der Waals surface area (Å²) in [4.78, 5) is 39.8. The lowest BCUT2D eigenvalue weighted by Gasteiger charge is -2.06. The zero-order chi connectivity index (χ0) is 18.2. The number of carbonyl (C=O) groups excluding carboxylic acids is 3. The number of aromatic nitrogens is 1. The Kier molecular flexibility index (Phi) is 7.04. The second-order valence-electron chi connectivity index (χ2n) is 4.82. The van der Waals surface area contributed by atoms with Crippen molar-refractivity contribution in [2.75, 3.05) is 26.9 Å². The number of esters is 1. The van der Waals surface area contributed by atoms with Gasteiger partial charge in [0.2, 0.25) is 0 Å². The lowest BCUT2D eigenvalue weighted by molar-refractivity contribution is -0.123. The van der Waals surface area contributed by atoms with Crippen LogP contribution in [0.4, 0.5) is 4.79 Å². The third-order valence-corrected chi connectivity index (χ3v) is 4.80. The van der Waals surface area contributed by atoms with E-state index >= 15 is 0 Å². The maximum absolute atomic E-state index is 12.1. The third-order valence-electron chi connectivity index (χ3n) is 2.93. The minimum atomic E-state index is -0.719. The molecule has 2 aromatic rings. The second-order valence-corrected chi connectivity index (χ2v) is 6.60. The minimum absolute atomic E-state index is 0.265. The van der Waals surface area contributed by atoms with E-state index in [1.54, 1.807) is 6.92 Å². The number of hydrogen-bond acceptors (Lipinski definition) is 8. The number of nitrogens with zero attached hydrogens (tertiary/aromatic N) is 1. The summed E-state index contributed by atoms with van der Waals surface area (Å²) in [5.74, 6) is -1.37. The Hall–Kier alpha value is -2.30. The van der Waals surface area contributed by atoms with Crippen LogP contribution in [0, 0.1) is 6.92 Å². The summed E-state index contributed by atoms with van der Waals surface area (Å²) in [6.07, 6.45) is 0. The van der Waals surface area contributed by atoms with Gasteiger partial charge < -0.3 is 14.8 Å². The van der Waals surface area contributed by atoms with Gasteiger partial charge in [0.05, 0.1) is 12.3 Å². The molecule has 0 aliphatic heterocycles. The number of urea groups is 1. The number of hydrogen-bond donors (Lipinski definition) is 2. The average Bonchev–Trinajstić information content (AvgIpc) is 3.22. The van der Waals surface area contributed by atoms with Crippen molar-refractivity contribution in [3.63, 3.8) is 0 Å². The molecule has 10 heteroatoms. The molecule has 0 spiro atoms. The van der Waals surface area contributed by atoms with E-state index in [9.17, 15) is 14.4 Å². The number of thiazole rings is 1. The topological polar surface area (TPSA) is 107 Å². The molecule has 2 N–H and O–H groups in total. The SMILES string of the molecule is COCCNC(=O)NC(=O)COC(=O)c1sc(-c2ccsc2)nc1C. The minimum Gasteiger partial charge on any atom is -0.451 e. The van der Waals surface area contributed by atoms with Crippen LogP contribution in [0.1, 0.15) is 15.4 Å². The van der Waals surface area contributed by atoms with Gasteiger partial charge in [-0.25, -0.2) is 14.6 Å². The normalized spacial score (nSPS) is 10.3. The standard InChI is InChI=1S/C15H17N3O5S2/c1-9-12(25-13(17-9)10-3-6-24-8-10)14(20)23-7-11(19)18-15(21)16-4-5-22-2/h3,6,8H,4-5,7H2,1-2H3,(H2,16,18,19,21). The van der Waals surface area contributed by atoms with Gasteiger partial charge in [0.15, 0.2) is 6.61 Å². The summed E-state index contributed by atoms with van der Waals surface area (Å²) < 4.78 is 9.71. The number of aryl methyl sites for hydroxylation is 1. The molecule has 0 fully saturated rings. The molecule has 0 bridgehead atoms. The van der Waals surface area contributed by atoms with Crippen LogP contribution in [-0.2, 0) is 14.3 Å². The summed E-state index contributed by atoms with van der Waals surface area (Å²) in [5, 5.41) is 9.05. The van der Waals surface area contributed by atoms with Gasteiger partial charge in [-0.15, -0.1) is 11.3 Å². The first kappa shape index (κ1) is 19.0. The maximum Gasteiger partial charge on any atom is 0.350 e. The Balaban J connectivity index is 1.84. The maximum atomic E-state index is 12.1. The van der Waals surface area contributed by atoms with Crippen LogP contribution in [-0.4, -0.2) is 49.8 Å². The van der Waals surface area contributed by atoms with Crippen molar-refractivity contribution >= 4 is 40.6 Å². The molecule has 134 valence electrons. The van der Waals surface area contributed by atoms with Gasteiger partial charge in [0, 0.05) is 24.6 Å². The molecule has 0 saturated carbocycles. The van der Waals surface area contributed by atoms with E-state index in [-0.39, 0.29) is 6.54 Å². The first-order valence-electron chi connectivity index (χ1n) is 7.25. The van der Waals surface area contributed by atoms with Crippen molar-refractivity contribution < 1.29 is 23.9 Å². The van der Waals surface area contributed by atoms with Gasteiger partial charge in [-0.05, 0) is 18.4 Å². The summed E-state index contributed by atoms with van der Waals surface area (Å²) in [6, 6.07) is 1.24. The van der Waals surface area contributed by atoms with Gasteiger partial charge in [-0.2, -0.15) is 11.3 Å². The highest BCUT2D eigenvalue weighted by Crippen LogP contribution is 2.29. The van der Waals surface area contributed by atoms with Crippen LogP contribution >= 0.6 is 22.7 Å². The Morgan fingerprint density at radius 2 is 2.12 bits per heavy atom. The van der Waals surface area contributed by atoms with Crippen molar-refractivity contribution in [2.24, 2.45) is 0 Å². The Bertz CT molecular complexity index is 742. The molecular weight excluding hydrogens is 366 g/mol. The molecule has 2 rings (SSSR count). The summed E-state index contributed by atoms with van der Waals surface area (Å²) >= 11 is 2.74. The van der Waals surface area contributed by atoms with Crippen LogP contribution in [0.3, 0.4) is 0 Å². The molecule has 0 atom stereocenters. The molecule has 0 radical (unpaired) electrons. The number of thiophene rings is 1. The molecule has 2 aromatic heterocycles. The van der Waals surface area contributed by atoms with Crippen LogP contribution in [0.5, 0.6) is 0 Å². The molecule has 0 aliphatic carbocycles. The Morgan fingerprint density at radius 1 is 1.32 bits per heavy atom. The molecule has 8 nitrogen and oxygen atoms in total. The number of carbonyl (C=O) groups is 3. The number of methoxy groups -OCH3 is 1. The fourth-order valence-corrected chi connectivity index (χ4v) is 3.44. The highest BCUT2D eigenvalue weighted by molar-refractivity contribution is 7.17. The van der Waals surface area contributed by atoms with Gasteiger partial charge in [-0.1, -0.05) is 0 Å². The Morgan fingerprint density at radius 3 is 2.80 bits per heavy atom. The first-order chi connectivity index (χ1) is 12.0. The average molecular weight is 383 g/mol. The fraction of sp³-hybridized carbons (Fsp3) is 0.333. The molecular formula is C15H17N3O5S2. The molecule has 0 unspecified atom stereocenters. The van der Waals surface area contributed by atoms with E-state index in [4.69, 9.17) is 9.47 Å². The number of amides is 3. The zero-order valence-electron chi connectivity index (χ0n) is 13.7. The van der Waals surface area contributed by atoms with Crippen LogP contribution < -0.4 is 10.6 Å².